The number of thioether (sulfide) groups is 1. The first-order valence-corrected chi connectivity index (χ1v) is 9.57. The molecule has 1 N–H and O–H groups in total. The van der Waals surface area contributed by atoms with Crippen molar-refractivity contribution in [1.29, 1.82) is 5.26 Å². The van der Waals surface area contributed by atoms with Gasteiger partial charge in [0.25, 0.3) is 0 Å². The third-order valence-corrected chi connectivity index (χ3v) is 5.43. The highest BCUT2D eigenvalue weighted by Crippen LogP contribution is 2.39. The molecule has 4 rings (SSSR count). The maximum absolute atomic E-state index is 13.1. The lowest BCUT2D eigenvalue weighted by Gasteiger charge is -2.41. The van der Waals surface area contributed by atoms with Gasteiger partial charge in [0.15, 0.2) is 5.16 Å². The third-order valence-electron chi connectivity index (χ3n) is 4.87. The van der Waals surface area contributed by atoms with Gasteiger partial charge in [-0.25, -0.2) is 14.8 Å². The van der Waals surface area contributed by atoms with Crippen LogP contribution < -0.4 is 10.2 Å². The fourth-order valence-corrected chi connectivity index (χ4v) is 3.95. The first kappa shape index (κ1) is 16.7. The molecule has 0 bridgehead atoms. The summed E-state index contributed by atoms with van der Waals surface area (Å²) in [5, 5.41) is 13.3. The van der Waals surface area contributed by atoms with E-state index >= 15 is 0 Å². The van der Waals surface area contributed by atoms with Gasteiger partial charge in [0.05, 0.1) is 23.8 Å². The molecule has 3 heterocycles. The molecule has 0 radical (unpaired) electrons. The average Bonchev–Trinajstić information content (AvgIpc) is 2.69. The lowest BCUT2D eigenvalue weighted by atomic mass is 9.93. The molecule has 1 atom stereocenters. The number of aromatic nitrogens is 2. The molecular formula is C18H18N6OS. The van der Waals surface area contributed by atoms with Crippen LogP contribution in [0.1, 0.15) is 29.2 Å². The molecule has 0 aliphatic carbocycles. The zero-order valence-electron chi connectivity index (χ0n) is 14.6. The Morgan fingerprint density at radius 3 is 3.04 bits per heavy atom. The lowest BCUT2D eigenvalue weighted by Crippen LogP contribution is -2.48. The number of nitrogens with zero attached hydrogens (tertiary/aromatic N) is 5. The van der Waals surface area contributed by atoms with Crippen molar-refractivity contribution in [3.05, 3.63) is 41.1 Å². The van der Waals surface area contributed by atoms with Gasteiger partial charge >= 0.3 is 6.03 Å². The minimum absolute atomic E-state index is 0.0801. The van der Waals surface area contributed by atoms with Crippen molar-refractivity contribution in [3.63, 3.8) is 0 Å². The molecule has 0 fully saturated rings. The maximum Gasteiger partial charge on any atom is 0.326 e. The van der Waals surface area contributed by atoms with E-state index in [2.05, 4.69) is 21.4 Å². The summed E-state index contributed by atoms with van der Waals surface area (Å²) < 4.78 is 0. The zero-order valence-corrected chi connectivity index (χ0v) is 15.4. The number of nitriles is 1. The van der Waals surface area contributed by atoms with E-state index in [0.717, 1.165) is 29.8 Å². The Hall–Kier alpha value is -2.79. The normalized spacial score (nSPS) is 18.7. The fourth-order valence-electron chi connectivity index (χ4n) is 3.61. The van der Waals surface area contributed by atoms with Gasteiger partial charge in [-0.2, -0.15) is 5.26 Å². The van der Waals surface area contributed by atoms with E-state index in [1.165, 1.54) is 11.8 Å². The summed E-state index contributed by atoms with van der Waals surface area (Å²) in [6, 6.07) is 7.73. The van der Waals surface area contributed by atoms with Gasteiger partial charge < -0.3 is 10.2 Å². The average molecular weight is 366 g/mol. The number of carbonyl (C=O) groups excluding carboxylic acids is 1. The van der Waals surface area contributed by atoms with Gasteiger partial charge in [0.2, 0.25) is 0 Å². The van der Waals surface area contributed by atoms with E-state index < -0.39 is 0 Å². The van der Waals surface area contributed by atoms with Crippen LogP contribution in [0.4, 0.5) is 16.3 Å². The lowest BCUT2D eigenvalue weighted by molar-refractivity contribution is 0.169. The molecule has 2 aromatic rings. The molecule has 132 valence electrons. The second-order valence-corrected chi connectivity index (χ2v) is 7.06. The van der Waals surface area contributed by atoms with Gasteiger partial charge in [-0.15, -0.1) is 0 Å². The summed E-state index contributed by atoms with van der Waals surface area (Å²) in [7, 11) is 1.75. The molecule has 0 spiro atoms. The van der Waals surface area contributed by atoms with E-state index in [9.17, 15) is 10.1 Å². The van der Waals surface area contributed by atoms with Crippen LogP contribution in [0, 0.1) is 11.3 Å². The molecule has 26 heavy (non-hydrogen) atoms. The number of rotatable bonds is 2. The van der Waals surface area contributed by atoms with Crippen molar-refractivity contribution in [1.82, 2.24) is 14.9 Å². The van der Waals surface area contributed by atoms with E-state index in [0.29, 0.717) is 23.1 Å². The van der Waals surface area contributed by atoms with Crippen molar-refractivity contribution >= 4 is 29.3 Å². The largest absolute Gasteiger partial charge is 0.384 e. The number of nitrogens with one attached hydrogen (secondary N) is 1. The summed E-state index contributed by atoms with van der Waals surface area (Å²) in [4.78, 5) is 25.3. The number of anilines is 2. The van der Waals surface area contributed by atoms with Crippen molar-refractivity contribution < 1.29 is 4.79 Å². The molecule has 2 aliphatic heterocycles. The van der Waals surface area contributed by atoms with Crippen LogP contribution in [0.5, 0.6) is 0 Å². The predicted molar refractivity (Wildman–Crippen MR) is 100 cm³/mol. The predicted octanol–water partition coefficient (Wildman–Crippen LogP) is 3.00. The molecule has 8 heteroatoms. The first-order valence-electron chi connectivity index (χ1n) is 8.35. The second kappa shape index (κ2) is 6.50. The van der Waals surface area contributed by atoms with Crippen molar-refractivity contribution in [3.8, 4) is 6.07 Å². The molecule has 7 nitrogen and oxygen atoms in total. The number of fused-ring (bicyclic) bond motifs is 2. The van der Waals surface area contributed by atoms with Crippen molar-refractivity contribution in [2.24, 2.45) is 0 Å². The molecule has 1 unspecified atom stereocenters. The highest BCUT2D eigenvalue weighted by Gasteiger charge is 2.37. The van der Waals surface area contributed by atoms with Crippen LogP contribution >= 0.6 is 11.8 Å². The van der Waals surface area contributed by atoms with Gasteiger partial charge in [0, 0.05) is 25.4 Å². The van der Waals surface area contributed by atoms with Crippen LogP contribution in [-0.2, 0) is 6.54 Å². The van der Waals surface area contributed by atoms with Crippen LogP contribution in [-0.4, -0.2) is 40.7 Å². The Kier molecular flexibility index (Phi) is 4.17. The monoisotopic (exact) mass is 366 g/mol. The summed E-state index contributed by atoms with van der Waals surface area (Å²) in [5.74, 6) is 0.672. The smallest absolute Gasteiger partial charge is 0.326 e. The number of benzene rings is 1. The van der Waals surface area contributed by atoms with Crippen LogP contribution in [0.3, 0.4) is 0 Å². The Morgan fingerprint density at radius 2 is 2.27 bits per heavy atom. The van der Waals surface area contributed by atoms with Crippen LogP contribution in [0.2, 0.25) is 0 Å². The molecular weight excluding hydrogens is 348 g/mol. The second-order valence-electron chi connectivity index (χ2n) is 6.29. The quantitative estimate of drug-likeness (QED) is 0.650. The number of hydrogen-bond donors (Lipinski definition) is 1. The fraction of sp³-hybridized carbons (Fsp3) is 0.333. The highest BCUT2D eigenvalue weighted by atomic mass is 32.2. The summed E-state index contributed by atoms with van der Waals surface area (Å²) in [6.07, 6.45) is 4.51. The van der Waals surface area contributed by atoms with Crippen LogP contribution in [0.25, 0.3) is 0 Å². The van der Waals surface area contributed by atoms with E-state index in [1.807, 2.05) is 23.3 Å². The minimum atomic E-state index is -0.0807. The SMILES string of the molecule is CSc1ncc2c(n1)N(C)C(=O)N(C1CCNc3c(C#N)cccc31)C2. The van der Waals surface area contributed by atoms with Crippen molar-refractivity contribution in [2.75, 3.05) is 30.1 Å². The molecule has 1 aromatic carbocycles. The molecule has 1 aromatic heterocycles. The highest BCUT2D eigenvalue weighted by molar-refractivity contribution is 7.98. The molecule has 0 saturated heterocycles. The number of hydrogen-bond acceptors (Lipinski definition) is 6. The summed E-state index contributed by atoms with van der Waals surface area (Å²) >= 11 is 1.46. The Balaban J connectivity index is 1.74. The zero-order chi connectivity index (χ0) is 18.3. The van der Waals surface area contributed by atoms with E-state index in [-0.39, 0.29) is 12.1 Å². The van der Waals surface area contributed by atoms with Crippen LogP contribution in [0.15, 0.2) is 29.6 Å². The minimum Gasteiger partial charge on any atom is -0.384 e. The number of para-hydroxylation sites is 1. The number of carbonyl (C=O) groups is 1. The Morgan fingerprint density at radius 1 is 1.42 bits per heavy atom. The van der Waals surface area contributed by atoms with Gasteiger partial charge in [-0.3, -0.25) is 4.90 Å². The topological polar surface area (TPSA) is 85.2 Å². The first-order chi connectivity index (χ1) is 12.6. The van der Waals surface area contributed by atoms with Gasteiger partial charge in [-0.1, -0.05) is 23.9 Å². The molecule has 2 amide bonds. The Bertz CT molecular complexity index is 924. The molecule has 2 aliphatic rings. The summed E-state index contributed by atoms with van der Waals surface area (Å²) in [6.45, 7) is 1.19. The molecule has 0 saturated carbocycles. The summed E-state index contributed by atoms with van der Waals surface area (Å²) in [5.41, 5.74) is 3.36. The van der Waals surface area contributed by atoms with Gasteiger partial charge in [-0.05, 0) is 24.3 Å². The Labute approximate surface area is 156 Å². The standard InChI is InChI=1S/C18H18N6OS/c1-23-16-12(9-21-17(22-16)26-2)10-24(18(23)25)14-6-7-20-15-11(8-19)4-3-5-13(14)15/h3-5,9,14,20H,6-7,10H2,1-2H3. The van der Waals surface area contributed by atoms with E-state index in [1.54, 1.807) is 24.2 Å². The number of urea groups is 1. The third kappa shape index (κ3) is 2.56. The maximum atomic E-state index is 13.1. The number of amides is 2. The van der Waals surface area contributed by atoms with Gasteiger partial charge in [0.1, 0.15) is 11.9 Å². The van der Waals surface area contributed by atoms with E-state index in [4.69, 9.17) is 0 Å². The van der Waals surface area contributed by atoms with Crippen molar-refractivity contribution in [2.45, 2.75) is 24.2 Å².